The highest BCUT2D eigenvalue weighted by Gasteiger charge is 1.88. The van der Waals surface area contributed by atoms with Gasteiger partial charge in [0, 0.05) is 11.8 Å². The van der Waals surface area contributed by atoms with Gasteiger partial charge in [-0.15, -0.1) is 0 Å². The van der Waals surface area contributed by atoms with Gasteiger partial charge in [0.1, 0.15) is 0 Å². The molecule has 0 radical (unpaired) electrons. The molecule has 0 aliphatic rings. The molecule has 0 fully saturated rings. The zero-order valence-electron chi connectivity index (χ0n) is 6.40. The highest BCUT2D eigenvalue weighted by molar-refractivity contribution is 5.66. The maximum atomic E-state index is 4.90. The third kappa shape index (κ3) is 1.45. The Kier molecular flexibility index (Phi) is 1.78. The molecule has 0 unspecified atom stereocenters. The van der Waals surface area contributed by atoms with Gasteiger partial charge in [-0.1, -0.05) is 0 Å². The van der Waals surface area contributed by atoms with E-state index < -0.39 is 0 Å². The summed E-state index contributed by atoms with van der Waals surface area (Å²) in [5, 5.41) is 6.71. The number of nitrogens with one attached hydrogen (secondary N) is 1. The maximum Gasteiger partial charge on any atom is 0.0974 e. The van der Waals surface area contributed by atoms with Crippen molar-refractivity contribution in [3.8, 4) is 0 Å². The molecule has 2 aromatic heterocycles. The fourth-order valence-corrected chi connectivity index (χ4v) is 0.916. The lowest BCUT2D eigenvalue weighted by molar-refractivity contribution is 0.567. The van der Waals surface area contributed by atoms with Crippen LogP contribution in [-0.2, 0) is 0 Å². The van der Waals surface area contributed by atoms with Crippen LogP contribution >= 0.6 is 0 Å². The van der Waals surface area contributed by atoms with Crippen molar-refractivity contribution >= 4 is 12.2 Å². The lowest BCUT2D eigenvalue weighted by Gasteiger charge is -1.80. The quantitative estimate of drug-likeness (QED) is 0.731. The number of nitrogens with zero attached hydrogens (tertiary/aromatic N) is 1. The largest absolute Gasteiger partial charge is 0.472 e. The molecule has 0 amide bonds. The van der Waals surface area contributed by atoms with Crippen molar-refractivity contribution in [2.45, 2.75) is 0 Å². The first-order valence-corrected chi connectivity index (χ1v) is 3.65. The highest BCUT2D eigenvalue weighted by Crippen LogP contribution is 2.05. The zero-order valence-corrected chi connectivity index (χ0v) is 6.40. The minimum Gasteiger partial charge on any atom is -0.472 e. The minimum absolute atomic E-state index is 0.913. The normalized spacial score (nSPS) is 11.0. The summed E-state index contributed by atoms with van der Waals surface area (Å²) in [6.07, 6.45) is 8.98. The van der Waals surface area contributed by atoms with Gasteiger partial charge < -0.3 is 4.42 Å². The number of rotatable bonds is 2. The molecule has 2 heterocycles. The number of hydrogen-bond donors (Lipinski definition) is 1. The summed E-state index contributed by atoms with van der Waals surface area (Å²) in [6.45, 7) is 0. The van der Waals surface area contributed by atoms with Gasteiger partial charge in [0.05, 0.1) is 18.2 Å². The van der Waals surface area contributed by atoms with Gasteiger partial charge >= 0.3 is 0 Å². The summed E-state index contributed by atoms with van der Waals surface area (Å²) < 4.78 is 4.90. The Bertz CT molecular complexity index is 310. The van der Waals surface area contributed by atoms with Gasteiger partial charge in [-0.2, -0.15) is 5.10 Å². The molecular weight excluding hydrogens is 152 g/mol. The molecule has 0 saturated heterocycles. The number of hydrogen-bond acceptors (Lipinski definition) is 2. The van der Waals surface area contributed by atoms with Crippen molar-refractivity contribution < 1.29 is 4.42 Å². The van der Waals surface area contributed by atoms with Crippen molar-refractivity contribution in [2.75, 3.05) is 0 Å². The molecule has 0 saturated carbocycles. The van der Waals surface area contributed by atoms with Gasteiger partial charge in [0.25, 0.3) is 0 Å². The zero-order chi connectivity index (χ0) is 8.23. The fourth-order valence-electron chi connectivity index (χ4n) is 0.916. The molecule has 60 valence electrons. The van der Waals surface area contributed by atoms with Crippen LogP contribution in [0.3, 0.4) is 0 Å². The summed E-state index contributed by atoms with van der Waals surface area (Å²) in [7, 11) is 0. The smallest absolute Gasteiger partial charge is 0.0974 e. The van der Waals surface area contributed by atoms with Crippen LogP contribution in [0.2, 0.25) is 0 Å². The van der Waals surface area contributed by atoms with Crippen molar-refractivity contribution in [3.05, 3.63) is 42.1 Å². The molecule has 2 rings (SSSR count). The molecule has 0 aromatic carbocycles. The van der Waals surface area contributed by atoms with E-state index in [1.807, 2.05) is 24.3 Å². The molecule has 0 spiro atoms. The van der Waals surface area contributed by atoms with E-state index in [-0.39, 0.29) is 0 Å². The fraction of sp³-hybridized carbons (Fsp3) is 0. The first-order chi connectivity index (χ1) is 5.95. The third-order valence-electron chi connectivity index (χ3n) is 1.51. The van der Waals surface area contributed by atoms with Crippen molar-refractivity contribution in [2.24, 2.45) is 0 Å². The van der Waals surface area contributed by atoms with Crippen molar-refractivity contribution in [1.29, 1.82) is 0 Å². The van der Waals surface area contributed by atoms with Crippen LogP contribution in [0.4, 0.5) is 0 Å². The van der Waals surface area contributed by atoms with Crippen LogP contribution in [0, 0.1) is 0 Å². The number of H-pyrrole nitrogens is 1. The first-order valence-electron chi connectivity index (χ1n) is 3.65. The topological polar surface area (TPSA) is 41.8 Å². The molecule has 1 N–H and O–H groups in total. The molecule has 12 heavy (non-hydrogen) atoms. The Balaban J connectivity index is 2.14. The van der Waals surface area contributed by atoms with E-state index in [2.05, 4.69) is 10.2 Å². The lowest BCUT2D eigenvalue weighted by Crippen LogP contribution is -1.69. The average Bonchev–Trinajstić information content (AvgIpc) is 2.74. The van der Waals surface area contributed by atoms with E-state index in [0.717, 1.165) is 11.3 Å². The molecular formula is C9H8N2O. The lowest BCUT2D eigenvalue weighted by atomic mass is 10.3. The highest BCUT2D eigenvalue weighted by atomic mass is 16.3. The van der Waals surface area contributed by atoms with Gasteiger partial charge in [0.15, 0.2) is 0 Å². The molecule has 2 aromatic rings. The summed E-state index contributed by atoms with van der Waals surface area (Å²) in [4.78, 5) is 0. The monoisotopic (exact) mass is 160 g/mol. The molecule has 3 heteroatoms. The van der Waals surface area contributed by atoms with Crippen LogP contribution in [0.1, 0.15) is 11.3 Å². The molecule has 3 nitrogen and oxygen atoms in total. The van der Waals surface area contributed by atoms with Crippen LogP contribution in [0.5, 0.6) is 0 Å². The van der Waals surface area contributed by atoms with Crippen molar-refractivity contribution in [1.82, 2.24) is 10.2 Å². The van der Waals surface area contributed by atoms with E-state index in [4.69, 9.17) is 4.42 Å². The number of furan rings is 1. The summed E-state index contributed by atoms with van der Waals surface area (Å²) in [6, 6.07) is 3.79. The van der Waals surface area contributed by atoms with E-state index in [0.29, 0.717) is 0 Å². The SMILES string of the molecule is C(=Cc1cc[nH]n1)c1ccoc1. The van der Waals surface area contributed by atoms with Gasteiger partial charge in [-0.25, -0.2) is 0 Å². The Labute approximate surface area is 69.7 Å². The van der Waals surface area contributed by atoms with E-state index >= 15 is 0 Å². The van der Waals surface area contributed by atoms with Gasteiger partial charge in [-0.05, 0) is 24.3 Å². The predicted octanol–water partition coefficient (Wildman–Crippen LogP) is 2.17. The Morgan fingerprint density at radius 3 is 3.00 bits per heavy atom. The van der Waals surface area contributed by atoms with Gasteiger partial charge in [-0.3, -0.25) is 5.10 Å². The second-order valence-corrected chi connectivity index (χ2v) is 2.39. The van der Waals surface area contributed by atoms with Crippen LogP contribution in [0.15, 0.2) is 35.3 Å². The Morgan fingerprint density at radius 2 is 2.33 bits per heavy atom. The molecule has 0 bridgehead atoms. The van der Waals surface area contributed by atoms with Crippen molar-refractivity contribution in [3.63, 3.8) is 0 Å². The van der Waals surface area contributed by atoms with Crippen LogP contribution in [0.25, 0.3) is 12.2 Å². The van der Waals surface area contributed by atoms with Crippen LogP contribution in [-0.4, -0.2) is 10.2 Å². The van der Waals surface area contributed by atoms with E-state index in [1.165, 1.54) is 0 Å². The third-order valence-corrected chi connectivity index (χ3v) is 1.51. The van der Waals surface area contributed by atoms with Crippen LogP contribution < -0.4 is 0 Å². The first kappa shape index (κ1) is 6.91. The second kappa shape index (κ2) is 3.09. The summed E-state index contributed by atoms with van der Waals surface area (Å²) in [5.74, 6) is 0. The Hall–Kier alpha value is -1.77. The van der Waals surface area contributed by atoms with Gasteiger partial charge in [0.2, 0.25) is 0 Å². The standard InChI is InChI=1S/C9H8N2O/c1(8-4-6-12-7-8)2-9-3-5-10-11-9/h1-7H,(H,10,11). The minimum atomic E-state index is 0.913. The predicted molar refractivity (Wildman–Crippen MR) is 46.2 cm³/mol. The molecule has 0 aliphatic heterocycles. The number of aromatic amines is 1. The number of aromatic nitrogens is 2. The Morgan fingerprint density at radius 1 is 1.33 bits per heavy atom. The van der Waals surface area contributed by atoms with E-state index in [1.54, 1.807) is 18.7 Å². The molecule has 0 atom stereocenters. The molecule has 0 aliphatic carbocycles. The summed E-state index contributed by atoms with van der Waals surface area (Å²) >= 11 is 0. The summed E-state index contributed by atoms with van der Waals surface area (Å²) in [5.41, 5.74) is 1.95. The average molecular weight is 160 g/mol. The van der Waals surface area contributed by atoms with E-state index in [9.17, 15) is 0 Å². The second-order valence-electron chi connectivity index (χ2n) is 2.39. The maximum absolute atomic E-state index is 4.90.